The number of nitrogens with zero attached hydrogens (tertiary/aromatic N) is 1. The lowest BCUT2D eigenvalue weighted by Gasteiger charge is -2.11. The van der Waals surface area contributed by atoms with E-state index in [0.717, 1.165) is 0 Å². The largest absolute Gasteiger partial charge is 0.451 e. The number of rotatable bonds is 7. The summed E-state index contributed by atoms with van der Waals surface area (Å²) in [6.45, 7) is -2.32. The average Bonchev–Trinajstić information content (AvgIpc) is 2.96. The minimum absolute atomic E-state index is 0.0200. The maximum Gasteiger partial charge on any atom is 0.387 e. The second-order valence-corrected chi connectivity index (χ2v) is 5.28. The van der Waals surface area contributed by atoms with Gasteiger partial charge in [0.1, 0.15) is 11.4 Å². The highest BCUT2D eigenvalue weighted by Crippen LogP contribution is 2.25. The van der Waals surface area contributed by atoms with E-state index < -0.39 is 25.1 Å². The summed E-state index contributed by atoms with van der Waals surface area (Å²) in [5.74, 6) is -1.96. The first-order valence-electron chi connectivity index (χ1n) is 7.46. The average molecular weight is 366 g/mol. The van der Waals surface area contributed by atoms with E-state index in [2.05, 4.69) is 10.1 Å². The van der Waals surface area contributed by atoms with Gasteiger partial charge in [-0.3, -0.25) is 9.59 Å². The number of para-hydroxylation sites is 2. The van der Waals surface area contributed by atoms with Crippen LogP contribution in [0.2, 0.25) is 0 Å². The van der Waals surface area contributed by atoms with E-state index in [1.165, 1.54) is 48.0 Å². The molecule has 0 aliphatic heterocycles. The minimum atomic E-state index is -3.04. The Balaban J connectivity index is 1.97. The summed E-state index contributed by atoms with van der Waals surface area (Å²) in [6.07, 6.45) is 1.47. The zero-order valence-electron chi connectivity index (χ0n) is 14.0. The van der Waals surface area contributed by atoms with Crippen LogP contribution < -0.4 is 10.1 Å². The number of ether oxygens (including phenoxy) is 2. The molecule has 0 aliphatic carbocycles. The number of amides is 1. The van der Waals surface area contributed by atoms with Crippen LogP contribution in [0, 0.1) is 0 Å². The molecule has 0 fully saturated rings. The fourth-order valence-electron chi connectivity index (χ4n) is 2.12. The van der Waals surface area contributed by atoms with Crippen molar-refractivity contribution in [2.45, 2.75) is 13.5 Å². The number of alkyl halides is 2. The van der Waals surface area contributed by atoms with Crippen molar-refractivity contribution in [3.63, 3.8) is 0 Å². The number of hydrogen-bond acceptors (Lipinski definition) is 5. The predicted molar refractivity (Wildman–Crippen MR) is 87.4 cm³/mol. The van der Waals surface area contributed by atoms with Gasteiger partial charge < -0.3 is 19.4 Å². The summed E-state index contributed by atoms with van der Waals surface area (Å²) in [5, 5.41) is 2.33. The summed E-state index contributed by atoms with van der Waals surface area (Å²) < 4.78 is 35.3. The molecule has 9 heteroatoms. The fraction of sp³-hybridized carbons (Fsp3) is 0.235. The number of hydrogen-bond donors (Lipinski definition) is 1. The maximum atomic E-state index is 12.3. The number of carbonyl (C=O) groups is 3. The Bertz CT molecular complexity index is 832. The number of ketones is 1. The molecule has 0 atom stereocenters. The fourth-order valence-corrected chi connectivity index (χ4v) is 2.12. The lowest BCUT2D eigenvalue weighted by Crippen LogP contribution is -2.22. The van der Waals surface area contributed by atoms with Gasteiger partial charge >= 0.3 is 12.6 Å². The molecule has 2 aromatic rings. The lowest BCUT2D eigenvalue weighted by atomic mass is 10.2. The van der Waals surface area contributed by atoms with Crippen LogP contribution in [-0.2, 0) is 16.6 Å². The highest BCUT2D eigenvalue weighted by atomic mass is 19.3. The molecule has 26 heavy (non-hydrogen) atoms. The van der Waals surface area contributed by atoms with Gasteiger partial charge in [0, 0.05) is 18.8 Å². The molecule has 0 aliphatic rings. The van der Waals surface area contributed by atoms with Gasteiger partial charge in [-0.05, 0) is 25.1 Å². The van der Waals surface area contributed by atoms with Crippen LogP contribution in [-0.4, -0.2) is 35.4 Å². The first-order chi connectivity index (χ1) is 12.3. The Morgan fingerprint density at radius 2 is 1.92 bits per heavy atom. The van der Waals surface area contributed by atoms with Crippen LogP contribution in [0.5, 0.6) is 5.75 Å². The van der Waals surface area contributed by atoms with Crippen molar-refractivity contribution in [1.82, 2.24) is 4.57 Å². The van der Waals surface area contributed by atoms with Crippen molar-refractivity contribution in [2.75, 3.05) is 11.9 Å². The standard InChI is InChI=1S/C17H16F2N2O5/c1-10(22)11-7-13(21(2)8-11)16(24)25-9-15(23)20-12-5-3-4-6-14(12)26-17(18)19/h3-8,17H,9H2,1-2H3,(H,20,23). The zero-order valence-corrected chi connectivity index (χ0v) is 14.0. The molecule has 7 nitrogen and oxygen atoms in total. The molecule has 2 rings (SSSR count). The third kappa shape index (κ3) is 4.88. The van der Waals surface area contributed by atoms with Crippen LogP contribution in [0.25, 0.3) is 0 Å². The molecule has 1 aromatic carbocycles. The van der Waals surface area contributed by atoms with Gasteiger partial charge in [0.05, 0.1) is 5.69 Å². The topological polar surface area (TPSA) is 86.6 Å². The van der Waals surface area contributed by atoms with Crippen LogP contribution in [0.4, 0.5) is 14.5 Å². The molecule has 1 N–H and O–H groups in total. The third-order valence-corrected chi connectivity index (χ3v) is 3.33. The van der Waals surface area contributed by atoms with E-state index >= 15 is 0 Å². The second kappa shape index (κ2) is 8.24. The number of aryl methyl sites for hydroxylation is 1. The smallest absolute Gasteiger partial charge is 0.387 e. The Morgan fingerprint density at radius 3 is 2.54 bits per heavy atom. The van der Waals surface area contributed by atoms with Gasteiger partial charge in [-0.25, -0.2) is 4.79 Å². The van der Waals surface area contributed by atoms with E-state index in [-0.39, 0.29) is 22.9 Å². The Kier molecular flexibility index (Phi) is 6.05. The van der Waals surface area contributed by atoms with E-state index in [1.807, 2.05) is 0 Å². The number of benzene rings is 1. The molecule has 0 bridgehead atoms. The molecule has 0 saturated carbocycles. The first kappa shape index (κ1) is 19.1. The van der Waals surface area contributed by atoms with E-state index in [0.29, 0.717) is 5.56 Å². The van der Waals surface area contributed by atoms with Crippen LogP contribution in [0.1, 0.15) is 27.8 Å². The van der Waals surface area contributed by atoms with Crippen molar-refractivity contribution >= 4 is 23.3 Å². The molecule has 0 spiro atoms. The molecule has 0 radical (unpaired) electrons. The van der Waals surface area contributed by atoms with Crippen molar-refractivity contribution < 1.29 is 32.6 Å². The van der Waals surface area contributed by atoms with E-state index in [1.54, 1.807) is 7.05 Å². The number of Topliss-reactive ketones (excluding diaryl/α,β-unsaturated/α-hetero) is 1. The van der Waals surface area contributed by atoms with Gasteiger partial charge in [0.2, 0.25) is 0 Å². The van der Waals surface area contributed by atoms with Gasteiger partial charge in [-0.1, -0.05) is 12.1 Å². The lowest BCUT2D eigenvalue weighted by molar-refractivity contribution is -0.119. The van der Waals surface area contributed by atoms with E-state index in [4.69, 9.17) is 4.74 Å². The number of anilines is 1. The highest BCUT2D eigenvalue weighted by molar-refractivity contribution is 5.99. The van der Waals surface area contributed by atoms with Crippen molar-refractivity contribution in [3.05, 3.63) is 47.8 Å². The number of aromatic nitrogens is 1. The van der Waals surface area contributed by atoms with Gasteiger partial charge in [0.15, 0.2) is 12.4 Å². The summed E-state index contributed by atoms with van der Waals surface area (Å²) in [6, 6.07) is 6.98. The Hall–Kier alpha value is -3.23. The quantitative estimate of drug-likeness (QED) is 0.601. The summed E-state index contributed by atoms with van der Waals surface area (Å²) in [4.78, 5) is 35.2. The van der Waals surface area contributed by atoms with E-state index in [9.17, 15) is 23.2 Å². The normalized spacial score (nSPS) is 10.5. The molecular weight excluding hydrogens is 350 g/mol. The number of halogens is 2. The SMILES string of the molecule is CC(=O)c1cc(C(=O)OCC(=O)Nc2ccccc2OC(F)F)n(C)c1. The summed E-state index contributed by atoms with van der Waals surface area (Å²) in [5.41, 5.74) is 0.456. The number of nitrogens with one attached hydrogen (secondary N) is 1. The van der Waals surface area contributed by atoms with Gasteiger partial charge in [-0.15, -0.1) is 0 Å². The number of esters is 1. The highest BCUT2D eigenvalue weighted by Gasteiger charge is 2.17. The number of carbonyl (C=O) groups excluding carboxylic acids is 3. The van der Waals surface area contributed by atoms with Crippen molar-refractivity contribution in [1.29, 1.82) is 0 Å². The van der Waals surface area contributed by atoms with Crippen LogP contribution >= 0.6 is 0 Å². The molecule has 1 aromatic heterocycles. The molecular formula is C17H16F2N2O5. The molecule has 1 amide bonds. The third-order valence-electron chi connectivity index (χ3n) is 3.33. The van der Waals surface area contributed by atoms with Crippen molar-refractivity contribution in [3.8, 4) is 5.75 Å². The monoisotopic (exact) mass is 366 g/mol. The first-order valence-corrected chi connectivity index (χ1v) is 7.46. The predicted octanol–water partition coefficient (Wildman–Crippen LogP) is 2.62. The molecule has 0 saturated heterocycles. The maximum absolute atomic E-state index is 12.3. The van der Waals surface area contributed by atoms with Gasteiger partial charge in [-0.2, -0.15) is 8.78 Å². The summed E-state index contributed by atoms with van der Waals surface area (Å²) in [7, 11) is 1.56. The summed E-state index contributed by atoms with van der Waals surface area (Å²) >= 11 is 0. The van der Waals surface area contributed by atoms with Gasteiger partial charge in [0.25, 0.3) is 5.91 Å². The molecule has 1 heterocycles. The van der Waals surface area contributed by atoms with Crippen LogP contribution in [0.3, 0.4) is 0 Å². The van der Waals surface area contributed by atoms with Crippen molar-refractivity contribution in [2.24, 2.45) is 7.05 Å². The molecule has 138 valence electrons. The second-order valence-electron chi connectivity index (χ2n) is 5.28. The molecule has 0 unspecified atom stereocenters. The Labute approximate surface area is 147 Å². The minimum Gasteiger partial charge on any atom is -0.451 e. The Morgan fingerprint density at radius 1 is 1.23 bits per heavy atom. The van der Waals surface area contributed by atoms with Crippen LogP contribution in [0.15, 0.2) is 36.5 Å². The zero-order chi connectivity index (χ0) is 19.3.